The van der Waals surface area contributed by atoms with Gasteiger partial charge in [0.25, 0.3) is 0 Å². The van der Waals surface area contributed by atoms with E-state index in [1.807, 2.05) is 0 Å². The van der Waals surface area contributed by atoms with E-state index >= 15 is 0 Å². The number of ether oxygens (including phenoxy) is 1. The summed E-state index contributed by atoms with van der Waals surface area (Å²) >= 11 is 17.5. The first-order valence-corrected chi connectivity index (χ1v) is 6.37. The molecule has 2 aromatic carbocycles. The second-order valence-corrected chi connectivity index (χ2v) is 4.62. The molecule has 1 nitrogen and oxygen atoms in total. The fourth-order valence-electron chi connectivity index (χ4n) is 1.43. The van der Waals surface area contributed by atoms with Gasteiger partial charge in [-0.2, -0.15) is 0 Å². The van der Waals surface area contributed by atoms with E-state index in [4.69, 9.17) is 39.5 Å². The quantitative estimate of drug-likeness (QED) is 0.664. The van der Waals surface area contributed by atoms with Crippen molar-refractivity contribution in [2.24, 2.45) is 0 Å². The van der Waals surface area contributed by atoms with Crippen LogP contribution in [-0.4, -0.2) is 0 Å². The minimum absolute atomic E-state index is 0.00743. The van der Waals surface area contributed by atoms with Crippen LogP contribution in [0.5, 0.6) is 11.5 Å². The van der Waals surface area contributed by atoms with Crippen LogP contribution in [0.2, 0.25) is 10.0 Å². The highest BCUT2D eigenvalue weighted by Gasteiger charge is 2.10. The van der Waals surface area contributed by atoms with Gasteiger partial charge in [-0.15, -0.1) is 11.6 Å². The molecule has 94 valence electrons. The molecular formula is C13H8Cl3FO. The fraction of sp³-hybridized carbons (Fsp3) is 0.0769. The van der Waals surface area contributed by atoms with Crippen molar-refractivity contribution in [3.8, 4) is 11.5 Å². The lowest BCUT2D eigenvalue weighted by atomic mass is 10.2. The van der Waals surface area contributed by atoms with Crippen LogP contribution in [0, 0.1) is 5.82 Å². The van der Waals surface area contributed by atoms with Crippen LogP contribution < -0.4 is 4.74 Å². The summed E-state index contributed by atoms with van der Waals surface area (Å²) in [5.74, 6) is 0.628. The molecule has 5 heteroatoms. The monoisotopic (exact) mass is 304 g/mol. The smallest absolute Gasteiger partial charge is 0.150 e. The highest BCUT2D eigenvalue weighted by molar-refractivity contribution is 6.32. The van der Waals surface area contributed by atoms with E-state index in [2.05, 4.69) is 0 Å². The molecule has 0 aliphatic heterocycles. The van der Waals surface area contributed by atoms with E-state index in [-0.39, 0.29) is 10.9 Å². The van der Waals surface area contributed by atoms with Crippen LogP contribution in [0.3, 0.4) is 0 Å². The molecule has 2 rings (SSSR count). The van der Waals surface area contributed by atoms with E-state index in [0.717, 1.165) is 5.56 Å². The number of hydrogen-bond acceptors (Lipinski definition) is 1. The van der Waals surface area contributed by atoms with Crippen LogP contribution in [0.15, 0.2) is 36.4 Å². The lowest BCUT2D eigenvalue weighted by Gasteiger charge is -2.11. The minimum atomic E-state index is -0.499. The van der Waals surface area contributed by atoms with Crippen LogP contribution in [0.1, 0.15) is 5.56 Å². The molecule has 2 aromatic rings. The van der Waals surface area contributed by atoms with E-state index in [1.54, 1.807) is 18.2 Å². The molecule has 0 N–H and O–H groups in total. The predicted molar refractivity (Wildman–Crippen MR) is 72.5 cm³/mol. The Morgan fingerprint density at radius 1 is 1.06 bits per heavy atom. The number of alkyl halides is 1. The number of benzene rings is 2. The van der Waals surface area contributed by atoms with E-state index < -0.39 is 5.82 Å². The molecule has 0 unspecified atom stereocenters. The molecule has 0 bridgehead atoms. The van der Waals surface area contributed by atoms with Crippen molar-refractivity contribution in [1.82, 2.24) is 0 Å². The van der Waals surface area contributed by atoms with Gasteiger partial charge in [0.05, 0.1) is 15.9 Å². The highest BCUT2D eigenvalue weighted by atomic mass is 35.5. The van der Waals surface area contributed by atoms with Crippen molar-refractivity contribution >= 4 is 34.8 Å². The summed E-state index contributed by atoms with van der Waals surface area (Å²) in [7, 11) is 0. The topological polar surface area (TPSA) is 9.23 Å². The molecule has 0 saturated carbocycles. The Hall–Kier alpha value is -0.960. The van der Waals surface area contributed by atoms with Crippen LogP contribution >= 0.6 is 34.8 Å². The van der Waals surface area contributed by atoms with Crippen molar-refractivity contribution in [2.75, 3.05) is 0 Å². The molecule has 0 aromatic heterocycles. The summed E-state index contributed by atoms with van der Waals surface area (Å²) in [5, 5.41) is 0.431. The van der Waals surface area contributed by atoms with Gasteiger partial charge in [0.15, 0.2) is 0 Å². The maximum absolute atomic E-state index is 13.0. The third-order valence-corrected chi connectivity index (χ3v) is 3.18. The Kier molecular flexibility index (Phi) is 4.33. The maximum Gasteiger partial charge on any atom is 0.150 e. The zero-order valence-electron chi connectivity index (χ0n) is 9.09. The Morgan fingerprint density at radius 2 is 1.83 bits per heavy atom. The summed E-state index contributed by atoms with van der Waals surface area (Å²) in [5.41, 5.74) is 0.754. The third-order valence-electron chi connectivity index (χ3n) is 2.30. The Bertz CT molecular complexity index is 572. The second-order valence-electron chi connectivity index (χ2n) is 3.54. The van der Waals surface area contributed by atoms with Crippen LogP contribution in [0.4, 0.5) is 4.39 Å². The lowest BCUT2D eigenvalue weighted by molar-refractivity contribution is 0.476. The van der Waals surface area contributed by atoms with Crippen molar-refractivity contribution in [2.45, 2.75) is 5.88 Å². The Labute approximate surface area is 119 Å². The summed E-state index contributed by atoms with van der Waals surface area (Å²) in [6.07, 6.45) is 0. The normalized spacial score (nSPS) is 10.4. The second kappa shape index (κ2) is 5.79. The number of halogens is 4. The van der Waals surface area contributed by atoms with Gasteiger partial charge in [0.1, 0.15) is 17.3 Å². The molecule has 0 amide bonds. The van der Waals surface area contributed by atoms with E-state index in [0.29, 0.717) is 16.5 Å². The first-order valence-electron chi connectivity index (χ1n) is 5.08. The van der Waals surface area contributed by atoms with Crippen molar-refractivity contribution < 1.29 is 9.13 Å². The highest BCUT2D eigenvalue weighted by Crippen LogP contribution is 2.34. The minimum Gasteiger partial charge on any atom is -0.455 e. The van der Waals surface area contributed by atoms with Crippen molar-refractivity contribution in [3.05, 3.63) is 57.8 Å². The average molecular weight is 306 g/mol. The van der Waals surface area contributed by atoms with E-state index in [9.17, 15) is 4.39 Å². The van der Waals surface area contributed by atoms with Crippen molar-refractivity contribution in [1.29, 1.82) is 0 Å². The third kappa shape index (κ3) is 2.89. The number of para-hydroxylation sites is 1. The van der Waals surface area contributed by atoms with Gasteiger partial charge >= 0.3 is 0 Å². The summed E-state index contributed by atoms with van der Waals surface area (Å²) < 4.78 is 18.6. The fourth-order valence-corrected chi connectivity index (χ4v) is 2.04. The zero-order chi connectivity index (χ0) is 13.1. The standard InChI is InChI=1S/C13H8Cl3FO/c14-7-8-2-1-3-10(15)13(8)18-9-4-5-12(17)11(16)6-9/h1-6H,7H2. The van der Waals surface area contributed by atoms with Crippen molar-refractivity contribution in [3.63, 3.8) is 0 Å². The van der Waals surface area contributed by atoms with Crippen LogP contribution in [0.25, 0.3) is 0 Å². The predicted octanol–water partition coefficient (Wildman–Crippen LogP) is 5.66. The lowest BCUT2D eigenvalue weighted by Crippen LogP contribution is -1.91. The number of hydrogen-bond donors (Lipinski definition) is 0. The van der Waals surface area contributed by atoms with Gasteiger partial charge in [0.2, 0.25) is 0 Å². The molecule has 0 saturated heterocycles. The molecule has 0 aliphatic rings. The average Bonchev–Trinajstić information content (AvgIpc) is 2.36. The SMILES string of the molecule is Fc1ccc(Oc2c(Cl)cccc2CCl)cc1Cl. The first kappa shape index (κ1) is 13.5. The summed E-state index contributed by atoms with van der Waals surface area (Å²) in [6.45, 7) is 0. The zero-order valence-corrected chi connectivity index (χ0v) is 11.4. The van der Waals surface area contributed by atoms with Crippen LogP contribution in [-0.2, 0) is 5.88 Å². The number of rotatable bonds is 3. The molecule has 0 radical (unpaired) electrons. The molecular weight excluding hydrogens is 297 g/mol. The summed E-state index contributed by atoms with van der Waals surface area (Å²) in [4.78, 5) is 0. The molecule has 0 atom stereocenters. The van der Waals surface area contributed by atoms with Gasteiger partial charge in [-0.05, 0) is 18.2 Å². The van der Waals surface area contributed by atoms with Gasteiger partial charge < -0.3 is 4.74 Å². The van der Waals surface area contributed by atoms with Gasteiger partial charge in [0, 0.05) is 11.6 Å². The van der Waals surface area contributed by atoms with Gasteiger partial charge in [-0.3, -0.25) is 0 Å². The molecule has 0 fully saturated rings. The van der Waals surface area contributed by atoms with Gasteiger partial charge in [-0.25, -0.2) is 4.39 Å². The molecule has 0 spiro atoms. The molecule has 0 heterocycles. The Morgan fingerprint density at radius 3 is 2.50 bits per heavy atom. The van der Waals surface area contributed by atoms with E-state index in [1.165, 1.54) is 18.2 Å². The largest absolute Gasteiger partial charge is 0.455 e. The first-order chi connectivity index (χ1) is 8.61. The molecule has 18 heavy (non-hydrogen) atoms. The van der Waals surface area contributed by atoms with Gasteiger partial charge in [-0.1, -0.05) is 35.3 Å². The summed E-state index contributed by atoms with van der Waals surface area (Å²) in [6, 6.07) is 9.37. The Balaban J connectivity index is 2.36. The maximum atomic E-state index is 13.0. The molecule has 0 aliphatic carbocycles.